The molecule has 2 aromatic rings. The molecule has 1 aliphatic rings. The summed E-state index contributed by atoms with van der Waals surface area (Å²) in [5.41, 5.74) is 6.27. The highest BCUT2D eigenvalue weighted by atomic mass is 35.5. The highest BCUT2D eigenvalue weighted by molar-refractivity contribution is 6.33. The Kier molecular flexibility index (Phi) is 4.40. The number of hydrogen-bond acceptors (Lipinski definition) is 3. The summed E-state index contributed by atoms with van der Waals surface area (Å²) in [6, 6.07) is 10.4. The Morgan fingerprint density at radius 1 is 1.29 bits per heavy atom. The highest BCUT2D eigenvalue weighted by Crippen LogP contribution is 2.27. The normalized spacial score (nSPS) is 17.2. The van der Waals surface area contributed by atoms with Crippen molar-refractivity contribution in [3.8, 4) is 0 Å². The van der Waals surface area contributed by atoms with Crippen LogP contribution in [-0.4, -0.2) is 24.4 Å². The molecule has 1 aliphatic heterocycles. The Morgan fingerprint density at radius 3 is 2.75 bits per heavy atom. The predicted molar refractivity (Wildman–Crippen MR) is 90.8 cm³/mol. The molecule has 0 radical (unpaired) electrons. The standard InChI is InChI=1S/C17H15ClFN3O2/c18-12-6-5-10(9-11(12)16(20)23)21-14-7-8-22(17(14)24)15-4-2-1-3-13(15)19/h1-6,9,14,21H,7-8H2,(H2,20,23)/t14-/m1/s1. The molecule has 1 fully saturated rings. The molecular formula is C17H15ClFN3O2. The fourth-order valence-electron chi connectivity index (χ4n) is 2.73. The van der Waals surface area contributed by atoms with E-state index in [-0.39, 0.29) is 22.2 Å². The molecule has 1 atom stereocenters. The van der Waals surface area contributed by atoms with Crippen LogP contribution in [0.1, 0.15) is 16.8 Å². The van der Waals surface area contributed by atoms with Crippen molar-refractivity contribution in [3.05, 3.63) is 58.9 Å². The topological polar surface area (TPSA) is 75.4 Å². The number of para-hydroxylation sites is 1. The van der Waals surface area contributed by atoms with E-state index in [0.717, 1.165) is 0 Å². The number of amides is 2. The van der Waals surface area contributed by atoms with E-state index in [9.17, 15) is 14.0 Å². The SMILES string of the molecule is NC(=O)c1cc(N[C@@H]2CCN(c3ccccc3F)C2=O)ccc1Cl. The van der Waals surface area contributed by atoms with Gasteiger partial charge in [-0.15, -0.1) is 0 Å². The van der Waals surface area contributed by atoms with Gasteiger partial charge in [0.1, 0.15) is 11.9 Å². The molecule has 24 heavy (non-hydrogen) atoms. The summed E-state index contributed by atoms with van der Waals surface area (Å²) in [6.07, 6.45) is 0.516. The van der Waals surface area contributed by atoms with Crippen LogP contribution in [0.25, 0.3) is 0 Å². The minimum atomic E-state index is -0.644. The number of hydrogen-bond donors (Lipinski definition) is 2. The Bertz CT molecular complexity index is 812. The first-order valence-electron chi connectivity index (χ1n) is 7.39. The summed E-state index contributed by atoms with van der Waals surface area (Å²) < 4.78 is 13.9. The number of benzene rings is 2. The van der Waals surface area contributed by atoms with Crippen LogP contribution in [0.3, 0.4) is 0 Å². The van der Waals surface area contributed by atoms with Crippen molar-refractivity contribution in [3.63, 3.8) is 0 Å². The lowest BCUT2D eigenvalue weighted by atomic mass is 10.1. The maximum absolute atomic E-state index is 13.9. The molecule has 7 heteroatoms. The number of carbonyl (C=O) groups is 2. The average molecular weight is 348 g/mol. The number of halogens is 2. The van der Waals surface area contributed by atoms with E-state index in [0.29, 0.717) is 18.7 Å². The molecule has 2 amide bonds. The van der Waals surface area contributed by atoms with Gasteiger partial charge < -0.3 is 16.0 Å². The molecule has 124 valence electrons. The van der Waals surface area contributed by atoms with Gasteiger partial charge in [-0.1, -0.05) is 23.7 Å². The fraction of sp³-hybridized carbons (Fsp3) is 0.176. The van der Waals surface area contributed by atoms with Crippen molar-refractivity contribution in [2.45, 2.75) is 12.5 Å². The molecule has 0 bridgehead atoms. The number of anilines is 2. The number of nitrogens with two attached hydrogens (primary N) is 1. The molecule has 1 saturated heterocycles. The molecule has 3 rings (SSSR count). The number of carbonyl (C=O) groups excluding carboxylic acids is 2. The number of primary amides is 1. The molecule has 3 N–H and O–H groups in total. The summed E-state index contributed by atoms with van der Waals surface area (Å²) in [7, 11) is 0. The van der Waals surface area contributed by atoms with Crippen LogP contribution in [0.5, 0.6) is 0 Å². The van der Waals surface area contributed by atoms with Gasteiger partial charge in [-0.25, -0.2) is 4.39 Å². The minimum Gasteiger partial charge on any atom is -0.374 e. The average Bonchev–Trinajstić information content (AvgIpc) is 2.90. The van der Waals surface area contributed by atoms with Crippen LogP contribution >= 0.6 is 11.6 Å². The van der Waals surface area contributed by atoms with E-state index in [4.69, 9.17) is 17.3 Å². The first-order valence-corrected chi connectivity index (χ1v) is 7.77. The van der Waals surface area contributed by atoms with Crippen molar-refractivity contribution >= 4 is 34.8 Å². The van der Waals surface area contributed by atoms with Crippen LogP contribution in [0.2, 0.25) is 5.02 Å². The smallest absolute Gasteiger partial charge is 0.250 e. The summed E-state index contributed by atoms with van der Waals surface area (Å²) in [4.78, 5) is 25.3. The first kappa shape index (κ1) is 16.3. The largest absolute Gasteiger partial charge is 0.374 e. The van der Waals surface area contributed by atoms with Gasteiger partial charge in [-0.2, -0.15) is 0 Å². The van der Waals surface area contributed by atoms with Crippen LogP contribution in [-0.2, 0) is 4.79 Å². The Hall–Kier alpha value is -2.60. The minimum absolute atomic E-state index is 0.179. The van der Waals surface area contributed by atoms with Crippen molar-refractivity contribution in [1.82, 2.24) is 0 Å². The van der Waals surface area contributed by atoms with Crippen molar-refractivity contribution < 1.29 is 14.0 Å². The third-order valence-electron chi connectivity index (χ3n) is 3.92. The quantitative estimate of drug-likeness (QED) is 0.893. The maximum atomic E-state index is 13.9. The number of nitrogens with zero attached hydrogens (tertiary/aromatic N) is 1. The van der Waals surface area contributed by atoms with Crippen molar-refractivity contribution in [2.75, 3.05) is 16.8 Å². The summed E-state index contributed by atoms with van der Waals surface area (Å²) >= 11 is 5.91. The number of rotatable bonds is 4. The second-order valence-electron chi connectivity index (χ2n) is 5.49. The zero-order chi connectivity index (χ0) is 17.3. The third-order valence-corrected chi connectivity index (χ3v) is 4.25. The van der Waals surface area contributed by atoms with E-state index in [1.807, 2.05) is 0 Å². The van der Waals surface area contributed by atoms with E-state index in [1.54, 1.807) is 24.3 Å². The highest BCUT2D eigenvalue weighted by Gasteiger charge is 2.33. The molecule has 5 nitrogen and oxygen atoms in total. The molecular weight excluding hydrogens is 333 g/mol. The van der Waals surface area contributed by atoms with E-state index in [1.165, 1.54) is 23.1 Å². The van der Waals surface area contributed by atoms with Crippen molar-refractivity contribution in [1.29, 1.82) is 0 Å². The zero-order valence-corrected chi connectivity index (χ0v) is 13.4. The molecule has 0 unspecified atom stereocenters. The second kappa shape index (κ2) is 6.49. The van der Waals surface area contributed by atoms with Gasteiger partial charge >= 0.3 is 0 Å². The molecule has 0 saturated carbocycles. The summed E-state index contributed by atoms with van der Waals surface area (Å²) in [6.45, 7) is 0.410. The van der Waals surface area contributed by atoms with Crippen LogP contribution in [0.4, 0.5) is 15.8 Å². The Morgan fingerprint density at radius 2 is 2.04 bits per heavy atom. The lowest BCUT2D eigenvalue weighted by molar-refractivity contribution is -0.117. The van der Waals surface area contributed by atoms with Crippen LogP contribution < -0.4 is 16.0 Å². The fourth-order valence-corrected chi connectivity index (χ4v) is 2.94. The Labute approximate surface area is 143 Å². The number of nitrogens with one attached hydrogen (secondary N) is 1. The zero-order valence-electron chi connectivity index (χ0n) is 12.6. The third kappa shape index (κ3) is 3.05. The molecule has 2 aromatic carbocycles. The lowest BCUT2D eigenvalue weighted by Gasteiger charge is -2.18. The van der Waals surface area contributed by atoms with E-state index in [2.05, 4.69) is 5.32 Å². The van der Waals surface area contributed by atoms with Gasteiger partial charge in [-0.05, 0) is 36.8 Å². The van der Waals surface area contributed by atoms with Gasteiger partial charge in [-0.3, -0.25) is 9.59 Å². The summed E-state index contributed by atoms with van der Waals surface area (Å²) in [5, 5.41) is 3.30. The molecule has 0 aliphatic carbocycles. The van der Waals surface area contributed by atoms with Crippen LogP contribution in [0.15, 0.2) is 42.5 Å². The molecule has 0 spiro atoms. The summed E-state index contributed by atoms with van der Waals surface area (Å²) in [5.74, 6) is -1.31. The van der Waals surface area contributed by atoms with Crippen LogP contribution in [0, 0.1) is 5.82 Å². The molecule has 0 aromatic heterocycles. The van der Waals surface area contributed by atoms with Gasteiger partial charge in [0.05, 0.1) is 16.3 Å². The van der Waals surface area contributed by atoms with Gasteiger partial charge in [0.25, 0.3) is 0 Å². The second-order valence-corrected chi connectivity index (χ2v) is 5.89. The van der Waals surface area contributed by atoms with Gasteiger partial charge in [0.15, 0.2) is 0 Å². The maximum Gasteiger partial charge on any atom is 0.250 e. The predicted octanol–water partition coefficient (Wildman–Crippen LogP) is 2.80. The monoisotopic (exact) mass is 347 g/mol. The first-order chi connectivity index (χ1) is 11.5. The lowest BCUT2D eigenvalue weighted by Crippen LogP contribution is -2.34. The van der Waals surface area contributed by atoms with Gasteiger partial charge in [0, 0.05) is 12.2 Å². The van der Waals surface area contributed by atoms with E-state index >= 15 is 0 Å². The molecule has 1 heterocycles. The van der Waals surface area contributed by atoms with E-state index < -0.39 is 17.8 Å². The Balaban J connectivity index is 1.78. The van der Waals surface area contributed by atoms with Crippen molar-refractivity contribution in [2.24, 2.45) is 5.73 Å². The van der Waals surface area contributed by atoms with Gasteiger partial charge in [0.2, 0.25) is 11.8 Å².